The Balaban J connectivity index is 3.60. The van der Waals surface area contributed by atoms with Gasteiger partial charge < -0.3 is 14.3 Å². The van der Waals surface area contributed by atoms with Crippen LogP contribution in [0.5, 0.6) is 0 Å². The van der Waals surface area contributed by atoms with Gasteiger partial charge in [0.15, 0.2) is 6.10 Å². The van der Waals surface area contributed by atoms with Crippen LogP contribution in [0.15, 0.2) is 0 Å². The zero-order chi connectivity index (χ0) is 26.4. The lowest BCUT2D eigenvalue weighted by molar-refractivity contribution is -0.873. The summed E-state index contributed by atoms with van der Waals surface area (Å²) >= 11 is 0. The highest BCUT2D eigenvalue weighted by Crippen LogP contribution is 2.19. The summed E-state index contributed by atoms with van der Waals surface area (Å²) in [6, 6.07) is 0. The molecule has 2 atom stereocenters. The van der Waals surface area contributed by atoms with Crippen molar-refractivity contribution in [1.29, 1.82) is 0 Å². The highest BCUT2D eigenvalue weighted by Gasteiger charge is 2.24. The van der Waals surface area contributed by atoms with Crippen LogP contribution < -0.4 is 0 Å². The molecule has 5 nitrogen and oxygen atoms in total. The summed E-state index contributed by atoms with van der Waals surface area (Å²) in [6.07, 6.45) is 23.6. The molecular weight excluding hydrogens is 438 g/mol. The molecule has 0 saturated heterocycles. The topological polar surface area (TPSA) is 63.6 Å². The van der Waals surface area contributed by atoms with Crippen molar-refractivity contribution in [3.8, 4) is 0 Å². The molecule has 0 saturated carbocycles. The fourth-order valence-electron chi connectivity index (χ4n) is 4.79. The van der Waals surface area contributed by atoms with Crippen molar-refractivity contribution in [2.24, 2.45) is 5.92 Å². The lowest BCUT2D eigenvalue weighted by atomic mass is 9.96. The van der Waals surface area contributed by atoms with E-state index in [1.807, 2.05) is 21.1 Å². The summed E-state index contributed by atoms with van der Waals surface area (Å²) in [5, 5.41) is 9.07. The lowest BCUT2D eigenvalue weighted by Crippen LogP contribution is -2.43. The third kappa shape index (κ3) is 25.8. The normalized spacial score (nSPS) is 13.5. The van der Waals surface area contributed by atoms with E-state index in [9.17, 15) is 9.59 Å². The maximum Gasteiger partial charge on any atom is 0.307 e. The average molecular weight is 499 g/mol. The van der Waals surface area contributed by atoms with Crippen LogP contribution >= 0.6 is 0 Å². The summed E-state index contributed by atoms with van der Waals surface area (Å²) in [4.78, 5) is 23.2. The first-order valence-electron chi connectivity index (χ1n) is 14.9. The number of aliphatic carboxylic acids is 1. The molecule has 0 fully saturated rings. The molecule has 0 aromatic heterocycles. The Morgan fingerprint density at radius 2 is 1.14 bits per heavy atom. The van der Waals surface area contributed by atoms with Gasteiger partial charge in [-0.05, 0) is 12.3 Å². The number of hydrogen-bond acceptors (Lipinski definition) is 3. The summed E-state index contributed by atoms with van der Waals surface area (Å²) in [7, 11) is 5.92. The van der Waals surface area contributed by atoms with Gasteiger partial charge in [0.05, 0.1) is 27.6 Å². The molecule has 0 rings (SSSR count). The van der Waals surface area contributed by atoms with Crippen LogP contribution in [-0.4, -0.2) is 55.3 Å². The van der Waals surface area contributed by atoms with Gasteiger partial charge in [-0.1, -0.05) is 123 Å². The number of likely N-dealkylation sites (N-methyl/N-ethyl adjacent to an activating group) is 1. The van der Waals surface area contributed by atoms with Crippen LogP contribution in [0.4, 0.5) is 0 Å². The number of carbonyl (C=O) groups excluding carboxylic acids is 1. The van der Waals surface area contributed by atoms with Crippen LogP contribution in [0.1, 0.15) is 142 Å². The van der Waals surface area contributed by atoms with E-state index >= 15 is 0 Å². The van der Waals surface area contributed by atoms with Crippen LogP contribution in [0.25, 0.3) is 0 Å². The molecule has 208 valence electrons. The van der Waals surface area contributed by atoms with Crippen molar-refractivity contribution in [3.63, 3.8) is 0 Å². The van der Waals surface area contributed by atoms with Gasteiger partial charge in [-0.3, -0.25) is 9.59 Å². The second kappa shape index (κ2) is 22.1. The number of esters is 1. The van der Waals surface area contributed by atoms with Crippen molar-refractivity contribution in [3.05, 3.63) is 0 Å². The number of rotatable bonds is 25. The van der Waals surface area contributed by atoms with Crippen LogP contribution in [0.3, 0.4) is 0 Å². The van der Waals surface area contributed by atoms with E-state index in [2.05, 4.69) is 13.8 Å². The maximum atomic E-state index is 12.2. The number of carbonyl (C=O) groups is 2. The van der Waals surface area contributed by atoms with Crippen molar-refractivity contribution in [2.45, 2.75) is 148 Å². The number of nitrogens with zero attached hydrogens (tertiary/aromatic N) is 1. The van der Waals surface area contributed by atoms with Crippen molar-refractivity contribution >= 4 is 11.9 Å². The monoisotopic (exact) mass is 498 g/mol. The highest BCUT2D eigenvalue weighted by atomic mass is 16.5. The second-order valence-electron chi connectivity index (χ2n) is 11.9. The van der Waals surface area contributed by atoms with E-state index in [4.69, 9.17) is 9.84 Å². The Morgan fingerprint density at radius 3 is 1.57 bits per heavy atom. The van der Waals surface area contributed by atoms with Crippen LogP contribution in [-0.2, 0) is 14.3 Å². The molecule has 0 aromatic carbocycles. The van der Waals surface area contributed by atoms with E-state index < -0.39 is 12.1 Å². The Labute approximate surface area is 218 Å². The molecule has 2 unspecified atom stereocenters. The molecular formula is C30H60NO4+. The minimum atomic E-state index is -0.923. The van der Waals surface area contributed by atoms with E-state index in [-0.39, 0.29) is 12.4 Å². The predicted molar refractivity (Wildman–Crippen MR) is 148 cm³/mol. The zero-order valence-corrected chi connectivity index (χ0v) is 24.1. The number of carboxylic acids is 1. The molecule has 0 spiro atoms. The van der Waals surface area contributed by atoms with Gasteiger partial charge in [0.1, 0.15) is 6.54 Å². The summed E-state index contributed by atoms with van der Waals surface area (Å²) in [5.41, 5.74) is 0. The fourth-order valence-corrected chi connectivity index (χ4v) is 4.79. The van der Waals surface area contributed by atoms with Gasteiger partial charge in [0.2, 0.25) is 0 Å². The summed E-state index contributed by atoms with van der Waals surface area (Å²) in [5.74, 6) is -0.473. The minimum absolute atomic E-state index is 0.127. The molecule has 35 heavy (non-hydrogen) atoms. The summed E-state index contributed by atoms with van der Waals surface area (Å²) in [6.45, 7) is 5.11. The van der Waals surface area contributed by atoms with Gasteiger partial charge in [-0.25, -0.2) is 0 Å². The Morgan fingerprint density at radius 1 is 0.714 bits per heavy atom. The molecule has 5 heteroatoms. The smallest absolute Gasteiger partial charge is 0.307 e. The Hall–Kier alpha value is -1.10. The highest BCUT2D eigenvalue weighted by molar-refractivity contribution is 5.71. The molecule has 0 aliphatic carbocycles. The van der Waals surface area contributed by atoms with E-state index in [0.29, 0.717) is 23.4 Å². The standard InChI is InChI=1S/C30H59NO4/c1-6-7-8-9-10-11-12-13-14-15-16-17-18-19-22-27(2)23-20-21-24-30(34)35-28(25-29(32)33)26-31(3,4)5/h27-28H,6-26H2,1-5H3/p+1. The maximum absolute atomic E-state index is 12.2. The second-order valence-corrected chi connectivity index (χ2v) is 11.9. The van der Waals surface area contributed by atoms with Gasteiger partial charge >= 0.3 is 11.9 Å². The minimum Gasteiger partial charge on any atom is -0.481 e. The Kier molecular flexibility index (Phi) is 21.4. The first kappa shape index (κ1) is 33.9. The number of hydrogen-bond donors (Lipinski definition) is 1. The van der Waals surface area contributed by atoms with E-state index in [0.717, 1.165) is 19.3 Å². The van der Waals surface area contributed by atoms with Gasteiger partial charge in [0.25, 0.3) is 0 Å². The molecule has 0 radical (unpaired) electrons. The molecule has 0 aliphatic rings. The SMILES string of the molecule is CCCCCCCCCCCCCCCCC(C)CCCCC(=O)OC(CC(=O)O)C[N+](C)(C)C. The van der Waals surface area contributed by atoms with Crippen molar-refractivity contribution in [1.82, 2.24) is 0 Å². The first-order valence-corrected chi connectivity index (χ1v) is 14.9. The Bertz CT molecular complexity index is 515. The van der Waals surface area contributed by atoms with Gasteiger partial charge in [-0.2, -0.15) is 0 Å². The fraction of sp³-hybridized carbons (Fsp3) is 0.933. The predicted octanol–water partition coefficient (Wildman–Crippen LogP) is 8.15. The number of unbranched alkanes of at least 4 members (excludes halogenated alkanes) is 14. The number of carboxylic acid groups (broad SMARTS) is 1. The molecule has 1 N–H and O–H groups in total. The van der Waals surface area contributed by atoms with Gasteiger partial charge in [-0.15, -0.1) is 0 Å². The summed E-state index contributed by atoms with van der Waals surface area (Å²) < 4.78 is 6.04. The third-order valence-electron chi connectivity index (χ3n) is 6.83. The van der Waals surface area contributed by atoms with E-state index in [1.165, 1.54) is 96.3 Å². The van der Waals surface area contributed by atoms with E-state index in [1.54, 1.807) is 0 Å². The zero-order valence-electron chi connectivity index (χ0n) is 24.1. The third-order valence-corrected chi connectivity index (χ3v) is 6.83. The molecule has 0 aromatic rings. The molecule has 0 amide bonds. The quantitative estimate of drug-likeness (QED) is 0.0783. The average Bonchev–Trinajstić information content (AvgIpc) is 2.75. The molecule has 0 bridgehead atoms. The van der Waals surface area contributed by atoms with Crippen molar-refractivity contribution < 1.29 is 23.9 Å². The molecule has 0 heterocycles. The largest absolute Gasteiger partial charge is 0.481 e. The number of ether oxygens (including phenoxy) is 1. The van der Waals surface area contributed by atoms with Gasteiger partial charge in [0, 0.05) is 6.42 Å². The lowest BCUT2D eigenvalue weighted by Gasteiger charge is -2.28. The number of quaternary nitrogens is 1. The van der Waals surface area contributed by atoms with Crippen LogP contribution in [0, 0.1) is 5.92 Å². The van der Waals surface area contributed by atoms with Crippen LogP contribution in [0.2, 0.25) is 0 Å². The van der Waals surface area contributed by atoms with Crippen molar-refractivity contribution in [2.75, 3.05) is 27.7 Å². The molecule has 0 aliphatic heterocycles. The first-order chi connectivity index (χ1) is 16.6.